The molecule has 1 N–H and O–H groups in total. The maximum atomic E-state index is 13.0. The van der Waals surface area contributed by atoms with E-state index in [1.807, 2.05) is 0 Å². The zero-order chi connectivity index (χ0) is 10.6. The Hall–Kier alpha value is -1.51. The van der Waals surface area contributed by atoms with Crippen LogP contribution in [0.5, 0.6) is 0 Å². The van der Waals surface area contributed by atoms with Crippen molar-refractivity contribution in [2.45, 2.75) is 6.54 Å². The van der Waals surface area contributed by atoms with Crippen LogP contribution in [0.15, 0.2) is 12.1 Å². The van der Waals surface area contributed by atoms with Crippen LogP contribution >= 0.6 is 0 Å². The van der Waals surface area contributed by atoms with Crippen LogP contribution in [0, 0.1) is 23.0 Å². The van der Waals surface area contributed by atoms with Crippen molar-refractivity contribution in [1.29, 1.82) is 5.26 Å². The molecule has 0 spiro atoms. The van der Waals surface area contributed by atoms with E-state index in [2.05, 4.69) is 10.3 Å². The molecule has 0 amide bonds. The fourth-order valence-electron chi connectivity index (χ4n) is 0.965. The SMILES string of the molecule is CONCc1cc(C#N)c(F)cc1F. The molecule has 0 atom stereocenters. The van der Waals surface area contributed by atoms with Gasteiger partial charge in [0.2, 0.25) is 0 Å². The van der Waals surface area contributed by atoms with E-state index in [1.54, 1.807) is 6.07 Å². The maximum Gasteiger partial charge on any atom is 0.143 e. The molecule has 1 aromatic rings. The van der Waals surface area contributed by atoms with E-state index in [0.29, 0.717) is 6.07 Å². The average molecular weight is 198 g/mol. The Morgan fingerprint density at radius 3 is 2.71 bits per heavy atom. The van der Waals surface area contributed by atoms with E-state index in [4.69, 9.17) is 5.26 Å². The minimum atomic E-state index is -0.855. The number of nitrogens with zero attached hydrogens (tertiary/aromatic N) is 1. The van der Waals surface area contributed by atoms with Crippen molar-refractivity contribution in [3.05, 3.63) is 34.9 Å². The number of nitriles is 1. The molecule has 5 heteroatoms. The van der Waals surface area contributed by atoms with E-state index in [9.17, 15) is 8.78 Å². The molecule has 0 saturated carbocycles. The van der Waals surface area contributed by atoms with E-state index >= 15 is 0 Å². The summed E-state index contributed by atoms with van der Waals surface area (Å²) in [5.41, 5.74) is 2.41. The predicted molar refractivity (Wildman–Crippen MR) is 44.9 cm³/mol. The summed E-state index contributed by atoms with van der Waals surface area (Å²) in [6.07, 6.45) is 0. The van der Waals surface area contributed by atoms with Gasteiger partial charge in [-0.1, -0.05) is 0 Å². The smallest absolute Gasteiger partial charge is 0.143 e. The van der Waals surface area contributed by atoms with Crippen LogP contribution in [0.3, 0.4) is 0 Å². The molecule has 0 aliphatic carbocycles. The molecule has 0 radical (unpaired) electrons. The van der Waals surface area contributed by atoms with Gasteiger partial charge < -0.3 is 4.84 Å². The molecule has 1 aromatic carbocycles. The predicted octanol–water partition coefficient (Wildman–Crippen LogP) is 1.49. The highest BCUT2D eigenvalue weighted by Gasteiger charge is 2.08. The van der Waals surface area contributed by atoms with Gasteiger partial charge in [-0.05, 0) is 6.07 Å². The van der Waals surface area contributed by atoms with Crippen molar-refractivity contribution in [3.63, 3.8) is 0 Å². The Balaban J connectivity index is 3.00. The summed E-state index contributed by atoms with van der Waals surface area (Å²) in [6, 6.07) is 3.46. The van der Waals surface area contributed by atoms with E-state index in [-0.39, 0.29) is 17.7 Å². The summed E-state index contributed by atoms with van der Waals surface area (Å²) in [4.78, 5) is 4.51. The first-order valence-corrected chi connectivity index (χ1v) is 3.83. The second-order valence-electron chi connectivity index (χ2n) is 2.56. The molecule has 0 bridgehead atoms. The Bertz CT molecular complexity index is 374. The Morgan fingerprint density at radius 1 is 1.43 bits per heavy atom. The van der Waals surface area contributed by atoms with Crippen molar-refractivity contribution >= 4 is 0 Å². The summed E-state index contributed by atoms with van der Waals surface area (Å²) in [6.45, 7) is 0.0806. The molecule has 74 valence electrons. The van der Waals surface area contributed by atoms with Gasteiger partial charge in [0.15, 0.2) is 0 Å². The van der Waals surface area contributed by atoms with Crippen LogP contribution in [0.25, 0.3) is 0 Å². The maximum absolute atomic E-state index is 13.0. The second-order valence-corrected chi connectivity index (χ2v) is 2.56. The molecule has 0 fully saturated rings. The summed E-state index contributed by atoms with van der Waals surface area (Å²) < 4.78 is 25.9. The van der Waals surface area contributed by atoms with Crippen LogP contribution in [-0.2, 0) is 11.4 Å². The number of rotatable bonds is 3. The Kier molecular flexibility index (Phi) is 3.51. The second kappa shape index (κ2) is 4.65. The molecule has 0 aromatic heterocycles. The molecule has 1 rings (SSSR count). The fourth-order valence-corrected chi connectivity index (χ4v) is 0.965. The summed E-state index contributed by atoms with van der Waals surface area (Å²) in [5.74, 6) is -1.56. The summed E-state index contributed by atoms with van der Waals surface area (Å²) >= 11 is 0. The Labute approximate surface area is 79.9 Å². The third-order valence-electron chi connectivity index (χ3n) is 1.66. The monoisotopic (exact) mass is 198 g/mol. The lowest BCUT2D eigenvalue weighted by atomic mass is 10.1. The van der Waals surface area contributed by atoms with E-state index < -0.39 is 11.6 Å². The number of hydrogen-bond acceptors (Lipinski definition) is 3. The average Bonchev–Trinajstić information content (AvgIpc) is 2.17. The largest absolute Gasteiger partial charge is 0.305 e. The minimum absolute atomic E-state index is 0.0806. The van der Waals surface area contributed by atoms with Crippen LogP contribution in [-0.4, -0.2) is 7.11 Å². The van der Waals surface area contributed by atoms with Gasteiger partial charge in [0.05, 0.1) is 12.7 Å². The van der Waals surface area contributed by atoms with Gasteiger partial charge in [0.25, 0.3) is 0 Å². The number of benzene rings is 1. The molecule has 0 aliphatic rings. The topological polar surface area (TPSA) is 45.0 Å². The highest BCUT2D eigenvalue weighted by atomic mass is 19.1. The molecule has 0 aliphatic heterocycles. The lowest BCUT2D eigenvalue weighted by Crippen LogP contribution is -2.12. The zero-order valence-corrected chi connectivity index (χ0v) is 7.47. The van der Waals surface area contributed by atoms with Crippen molar-refractivity contribution in [3.8, 4) is 6.07 Å². The zero-order valence-electron chi connectivity index (χ0n) is 7.47. The van der Waals surface area contributed by atoms with Crippen LogP contribution in [0.4, 0.5) is 8.78 Å². The van der Waals surface area contributed by atoms with Crippen LogP contribution in [0.2, 0.25) is 0 Å². The molecule has 14 heavy (non-hydrogen) atoms. The van der Waals surface area contributed by atoms with E-state index in [1.165, 1.54) is 7.11 Å². The first kappa shape index (κ1) is 10.6. The summed E-state index contributed by atoms with van der Waals surface area (Å²) in [5, 5.41) is 8.50. The third kappa shape index (κ3) is 2.25. The molecule has 0 unspecified atom stereocenters. The van der Waals surface area contributed by atoms with Gasteiger partial charge in [-0.15, -0.1) is 0 Å². The van der Waals surface area contributed by atoms with E-state index in [0.717, 1.165) is 6.07 Å². The van der Waals surface area contributed by atoms with Gasteiger partial charge in [0.1, 0.15) is 17.7 Å². The lowest BCUT2D eigenvalue weighted by Gasteiger charge is -2.04. The standard InChI is InChI=1S/C9H8F2N2O/c1-14-13-5-7-2-6(4-12)8(10)3-9(7)11/h2-3,13H,5H2,1H3. The molecular weight excluding hydrogens is 190 g/mol. The van der Waals surface area contributed by atoms with Crippen molar-refractivity contribution < 1.29 is 13.6 Å². The first-order chi connectivity index (χ1) is 6.69. The van der Waals surface area contributed by atoms with Crippen LogP contribution in [0.1, 0.15) is 11.1 Å². The van der Waals surface area contributed by atoms with Crippen molar-refractivity contribution in [2.24, 2.45) is 0 Å². The molecule has 3 nitrogen and oxygen atoms in total. The molecular formula is C9H8F2N2O. The van der Waals surface area contributed by atoms with Gasteiger partial charge >= 0.3 is 0 Å². The first-order valence-electron chi connectivity index (χ1n) is 3.83. The molecule has 0 saturated heterocycles. The highest BCUT2D eigenvalue weighted by molar-refractivity contribution is 5.35. The van der Waals surface area contributed by atoms with Crippen LogP contribution < -0.4 is 5.48 Å². The number of hydrogen-bond donors (Lipinski definition) is 1. The highest BCUT2D eigenvalue weighted by Crippen LogP contribution is 2.13. The Morgan fingerprint density at radius 2 is 2.14 bits per heavy atom. The van der Waals surface area contributed by atoms with Gasteiger partial charge in [0, 0.05) is 18.2 Å². The number of nitrogens with one attached hydrogen (secondary N) is 1. The number of hydroxylamine groups is 1. The minimum Gasteiger partial charge on any atom is -0.305 e. The van der Waals surface area contributed by atoms with Crippen molar-refractivity contribution in [1.82, 2.24) is 5.48 Å². The number of halogens is 2. The van der Waals surface area contributed by atoms with Gasteiger partial charge in [-0.25, -0.2) is 8.78 Å². The van der Waals surface area contributed by atoms with Gasteiger partial charge in [-0.3, -0.25) is 0 Å². The quantitative estimate of drug-likeness (QED) is 0.748. The molecule has 0 heterocycles. The lowest BCUT2D eigenvalue weighted by molar-refractivity contribution is 0.0859. The fraction of sp³-hybridized carbons (Fsp3) is 0.222. The van der Waals surface area contributed by atoms with Crippen molar-refractivity contribution in [2.75, 3.05) is 7.11 Å². The third-order valence-corrected chi connectivity index (χ3v) is 1.66. The summed E-state index contributed by atoms with van der Waals surface area (Å²) in [7, 11) is 1.38. The normalized spacial score (nSPS) is 9.86. The van der Waals surface area contributed by atoms with Gasteiger partial charge in [-0.2, -0.15) is 10.7 Å².